The molecular formula is C20H21N3O5. The summed E-state index contributed by atoms with van der Waals surface area (Å²) in [5, 5.41) is 0.458. The number of aromatic amines is 2. The van der Waals surface area contributed by atoms with Crippen LogP contribution in [0.3, 0.4) is 0 Å². The number of aromatic nitrogens is 3. The Bertz CT molecular complexity index is 1110. The maximum atomic E-state index is 12.6. The van der Waals surface area contributed by atoms with Gasteiger partial charge in [0.05, 0.1) is 23.1 Å². The van der Waals surface area contributed by atoms with E-state index < -0.39 is 18.0 Å². The molecule has 28 heavy (non-hydrogen) atoms. The minimum atomic E-state index is -0.793. The molecule has 8 heteroatoms. The van der Waals surface area contributed by atoms with Gasteiger partial charge >= 0.3 is 11.9 Å². The quantitative estimate of drug-likeness (QED) is 0.655. The number of ether oxygens (including phenoxy) is 2. The Labute approximate surface area is 160 Å². The van der Waals surface area contributed by atoms with E-state index in [0.29, 0.717) is 27.7 Å². The molecule has 0 aliphatic rings. The molecule has 1 atom stereocenters. The van der Waals surface area contributed by atoms with Crippen LogP contribution in [0.4, 0.5) is 0 Å². The maximum absolute atomic E-state index is 12.6. The van der Waals surface area contributed by atoms with Crippen LogP contribution in [0.5, 0.6) is 0 Å². The van der Waals surface area contributed by atoms with Crippen LogP contribution in [0.25, 0.3) is 10.9 Å². The summed E-state index contributed by atoms with van der Waals surface area (Å²) in [7, 11) is 0. The van der Waals surface area contributed by atoms with Crippen LogP contribution in [0.1, 0.15) is 57.9 Å². The Kier molecular flexibility index (Phi) is 5.30. The minimum absolute atomic E-state index is 0.163. The van der Waals surface area contributed by atoms with Crippen LogP contribution in [0.15, 0.2) is 29.1 Å². The van der Waals surface area contributed by atoms with Crippen LogP contribution < -0.4 is 5.56 Å². The molecule has 2 heterocycles. The highest BCUT2D eigenvalue weighted by Crippen LogP contribution is 2.22. The molecule has 0 spiro atoms. The SMILES string of the molecule is CCOC(=O)c1c(C)[nH]c(C(=O)O[C@@H](C)c2nc3ccccc3c(=O)[nH]2)c1C. The van der Waals surface area contributed by atoms with Crippen molar-refractivity contribution in [3.63, 3.8) is 0 Å². The third-order valence-electron chi connectivity index (χ3n) is 4.42. The monoisotopic (exact) mass is 383 g/mol. The first-order valence-corrected chi connectivity index (χ1v) is 8.89. The lowest BCUT2D eigenvalue weighted by molar-refractivity contribution is 0.0312. The number of benzene rings is 1. The lowest BCUT2D eigenvalue weighted by Gasteiger charge is -2.13. The average Bonchev–Trinajstić information content (AvgIpc) is 2.96. The zero-order valence-corrected chi connectivity index (χ0v) is 16.1. The average molecular weight is 383 g/mol. The van der Waals surface area contributed by atoms with E-state index in [1.807, 2.05) is 0 Å². The Hall–Kier alpha value is -3.42. The zero-order chi connectivity index (χ0) is 20.4. The highest BCUT2D eigenvalue weighted by atomic mass is 16.5. The third-order valence-corrected chi connectivity index (χ3v) is 4.42. The number of para-hydroxylation sites is 1. The van der Waals surface area contributed by atoms with Gasteiger partial charge in [-0.3, -0.25) is 4.79 Å². The number of fused-ring (bicyclic) bond motifs is 1. The molecule has 0 fully saturated rings. The van der Waals surface area contributed by atoms with E-state index >= 15 is 0 Å². The molecule has 0 unspecified atom stereocenters. The summed E-state index contributed by atoms with van der Waals surface area (Å²) in [6.45, 7) is 6.89. The smallest absolute Gasteiger partial charge is 0.355 e. The Balaban J connectivity index is 1.86. The molecule has 146 valence electrons. The number of rotatable bonds is 5. The Morgan fingerprint density at radius 3 is 2.57 bits per heavy atom. The standard InChI is InChI=1S/C20H21N3O5/c1-5-27-19(25)15-10(2)16(21-11(15)3)20(26)28-12(4)17-22-14-9-7-6-8-13(14)18(24)23-17/h6-9,12,21H,5H2,1-4H3,(H,22,23,24)/t12-/m0/s1. The number of carbonyl (C=O) groups is 2. The van der Waals surface area contributed by atoms with Gasteiger partial charge in [-0.15, -0.1) is 0 Å². The number of hydrogen-bond acceptors (Lipinski definition) is 6. The lowest BCUT2D eigenvalue weighted by Crippen LogP contribution is -2.18. The summed E-state index contributed by atoms with van der Waals surface area (Å²) in [5.74, 6) is -0.913. The summed E-state index contributed by atoms with van der Waals surface area (Å²) in [6.07, 6.45) is -0.793. The largest absolute Gasteiger partial charge is 0.462 e. The number of nitrogens with zero attached hydrogens (tertiary/aromatic N) is 1. The molecule has 0 amide bonds. The van der Waals surface area contributed by atoms with Crippen molar-refractivity contribution < 1.29 is 19.1 Å². The summed E-state index contributed by atoms with van der Waals surface area (Å²) in [6, 6.07) is 6.91. The molecule has 0 aliphatic heterocycles. The molecular weight excluding hydrogens is 362 g/mol. The Morgan fingerprint density at radius 2 is 1.86 bits per heavy atom. The molecule has 1 aromatic carbocycles. The van der Waals surface area contributed by atoms with E-state index in [4.69, 9.17) is 9.47 Å². The second-order valence-corrected chi connectivity index (χ2v) is 6.36. The van der Waals surface area contributed by atoms with E-state index in [-0.39, 0.29) is 23.7 Å². The van der Waals surface area contributed by atoms with Crippen LogP contribution in [0, 0.1) is 13.8 Å². The van der Waals surface area contributed by atoms with Crippen LogP contribution >= 0.6 is 0 Å². The van der Waals surface area contributed by atoms with Gasteiger partial charge < -0.3 is 19.4 Å². The molecule has 2 aromatic heterocycles. The van der Waals surface area contributed by atoms with Crippen molar-refractivity contribution in [2.24, 2.45) is 0 Å². The number of H-pyrrole nitrogens is 2. The molecule has 3 rings (SSSR count). The van der Waals surface area contributed by atoms with Crippen molar-refractivity contribution in [1.29, 1.82) is 0 Å². The van der Waals surface area contributed by atoms with E-state index in [0.717, 1.165) is 0 Å². The van der Waals surface area contributed by atoms with E-state index in [2.05, 4.69) is 15.0 Å². The minimum Gasteiger partial charge on any atom is -0.462 e. The second-order valence-electron chi connectivity index (χ2n) is 6.36. The van der Waals surface area contributed by atoms with E-state index in [1.165, 1.54) is 0 Å². The lowest BCUT2D eigenvalue weighted by atomic mass is 10.1. The fourth-order valence-corrected chi connectivity index (χ4v) is 3.04. The second kappa shape index (κ2) is 7.67. The van der Waals surface area contributed by atoms with Crippen LogP contribution in [-0.2, 0) is 9.47 Å². The molecule has 0 bridgehead atoms. The summed E-state index contributed by atoms with van der Waals surface area (Å²) in [5.41, 5.74) is 1.66. The third kappa shape index (κ3) is 3.53. The topological polar surface area (TPSA) is 114 Å². The molecule has 0 aliphatic carbocycles. The Morgan fingerprint density at radius 1 is 1.14 bits per heavy atom. The molecule has 0 saturated heterocycles. The van der Waals surface area contributed by atoms with Gasteiger partial charge in [0.1, 0.15) is 5.69 Å². The van der Waals surface area contributed by atoms with Gasteiger partial charge in [-0.05, 0) is 45.4 Å². The number of aryl methyl sites for hydroxylation is 1. The summed E-state index contributed by atoms with van der Waals surface area (Å²) >= 11 is 0. The normalized spacial score (nSPS) is 12.0. The van der Waals surface area contributed by atoms with E-state index in [9.17, 15) is 14.4 Å². The van der Waals surface area contributed by atoms with Gasteiger partial charge in [-0.1, -0.05) is 12.1 Å². The number of esters is 2. The molecule has 2 N–H and O–H groups in total. The fraction of sp³-hybridized carbons (Fsp3) is 0.300. The van der Waals surface area contributed by atoms with Crippen LogP contribution in [0.2, 0.25) is 0 Å². The van der Waals surface area contributed by atoms with Crippen LogP contribution in [-0.4, -0.2) is 33.5 Å². The van der Waals surface area contributed by atoms with E-state index in [1.54, 1.807) is 52.0 Å². The summed E-state index contributed by atoms with van der Waals surface area (Å²) < 4.78 is 10.5. The van der Waals surface area contributed by atoms with Gasteiger partial charge in [0, 0.05) is 5.69 Å². The van der Waals surface area contributed by atoms with Crippen molar-refractivity contribution in [3.8, 4) is 0 Å². The van der Waals surface area contributed by atoms with Crippen molar-refractivity contribution >= 4 is 22.8 Å². The first kappa shape index (κ1) is 19.3. The number of nitrogens with one attached hydrogen (secondary N) is 2. The molecule has 0 saturated carbocycles. The predicted molar refractivity (Wildman–Crippen MR) is 102 cm³/mol. The van der Waals surface area contributed by atoms with Gasteiger partial charge in [0.15, 0.2) is 11.9 Å². The number of hydrogen-bond donors (Lipinski definition) is 2. The molecule has 8 nitrogen and oxygen atoms in total. The van der Waals surface area contributed by atoms with Crippen molar-refractivity contribution in [2.45, 2.75) is 33.8 Å². The van der Waals surface area contributed by atoms with Gasteiger partial charge in [-0.2, -0.15) is 0 Å². The van der Waals surface area contributed by atoms with Gasteiger partial charge in [0.2, 0.25) is 0 Å². The zero-order valence-electron chi connectivity index (χ0n) is 16.1. The number of carbonyl (C=O) groups excluding carboxylic acids is 2. The molecule has 0 radical (unpaired) electrons. The predicted octanol–water partition coefficient (Wildman–Crippen LogP) is 2.96. The van der Waals surface area contributed by atoms with Crippen molar-refractivity contribution in [3.05, 3.63) is 63.0 Å². The first-order valence-electron chi connectivity index (χ1n) is 8.89. The van der Waals surface area contributed by atoms with Gasteiger partial charge in [0.25, 0.3) is 5.56 Å². The fourth-order valence-electron chi connectivity index (χ4n) is 3.04. The highest BCUT2D eigenvalue weighted by Gasteiger charge is 2.25. The van der Waals surface area contributed by atoms with Crippen molar-refractivity contribution in [1.82, 2.24) is 15.0 Å². The maximum Gasteiger partial charge on any atom is 0.355 e. The summed E-state index contributed by atoms with van der Waals surface area (Å²) in [4.78, 5) is 46.8. The first-order chi connectivity index (χ1) is 13.3. The highest BCUT2D eigenvalue weighted by molar-refractivity contribution is 5.98. The molecule has 3 aromatic rings. The van der Waals surface area contributed by atoms with Gasteiger partial charge in [-0.25, -0.2) is 14.6 Å². The van der Waals surface area contributed by atoms with Crippen molar-refractivity contribution in [2.75, 3.05) is 6.61 Å².